The maximum atomic E-state index is 12.4. The lowest BCUT2D eigenvalue weighted by molar-refractivity contribution is 0.0661. The van der Waals surface area contributed by atoms with Gasteiger partial charge in [-0.25, -0.2) is 13.2 Å². The molecule has 1 aromatic heterocycles. The Bertz CT molecular complexity index is 564. The first-order valence-corrected chi connectivity index (χ1v) is 8.36. The number of carbonyl (C=O) groups is 1. The molecule has 0 spiro atoms. The number of hydrogen-bond donors (Lipinski definition) is 1. The molecule has 0 amide bonds. The van der Waals surface area contributed by atoms with E-state index in [1.54, 1.807) is 6.92 Å². The van der Waals surface area contributed by atoms with E-state index in [-0.39, 0.29) is 22.5 Å². The summed E-state index contributed by atoms with van der Waals surface area (Å²) in [6.45, 7) is 3.23. The van der Waals surface area contributed by atoms with Crippen molar-refractivity contribution in [2.75, 3.05) is 19.1 Å². The number of rotatable bonds is 6. The Kier molecular flexibility index (Phi) is 5.05. The summed E-state index contributed by atoms with van der Waals surface area (Å²) in [5.41, 5.74) is 0. The first-order valence-electron chi connectivity index (χ1n) is 5.52. The Hall–Kier alpha value is -0.990. The Morgan fingerprint density at radius 1 is 1.58 bits per heavy atom. The summed E-state index contributed by atoms with van der Waals surface area (Å²) in [4.78, 5) is 10.7. The molecule has 0 aromatic carbocycles. The summed E-state index contributed by atoms with van der Waals surface area (Å²) in [5, 5.41) is 8.81. The highest BCUT2D eigenvalue weighted by molar-refractivity contribution is 7.98. The van der Waals surface area contributed by atoms with E-state index in [4.69, 9.17) is 9.52 Å². The number of furan rings is 1. The zero-order chi connectivity index (χ0) is 14.8. The number of thioether (sulfide) groups is 1. The molecule has 0 bridgehead atoms. The lowest BCUT2D eigenvalue weighted by Gasteiger charge is -2.23. The van der Waals surface area contributed by atoms with E-state index < -0.39 is 16.0 Å². The molecule has 0 saturated heterocycles. The zero-order valence-corrected chi connectivity index (χ0v) is 12.8. The monoisotopic (exact) mass is 307 g/mol. The fraction of sp³-hybridized carbons (Fsp3) is 0.545. The fourth-order valence-electron chi connectivity index (χ4n) is 1.57. The van der Waals surface area contributed by atoms with Gasteiger partial charge in [-0.2, -0.15) is 16.1 Å². The molecule has 0 radical (unpaired) electrons. The standard InChI is InChI=1S/C11H17NO5S2/c1-7(6-18-4)12(3)19(15,16)10-5-9(11(13)14)17-8(10)2/h5,7H,6H2,1-4H3,(H,13,14). The zero-order valence-electron chi connectivity index (χ0n) is 11.2. The van der Waals surface area contributed by atoms with Crippen LogP contribution in [0.2, 0.25) is 0 Å². The van der Waals surface area contributed by atoms with E-state index in [1.165, 1.54) is 30.0 Å². The van der Waals surface area contributed by atoms with Crippen molar-refractivity contribution in [3.8, 4) is 0 Å². The van der Waals surface area contributed by atoms with Gasteiger partial charge in [-0.3, -0.25) is 0 Å². The molecule has 8 heteroatoms. The Morgan fingerprint density at radius 3 is 2.58 bits per heavy atom. The van der Waals surface area contributed by atoms with Gasteiger partial charge in [0.25, 0.3) is 0 Å². The average Bonchev–Trinajstić information content (AvgIpc) is 2.71. The van der Waals surface area contributed by atoms with Gasteiger partial charge in [0.05, 0.1) is 0 Å². The van der Waals surface area contributed by atoms with E-state index in [2.05, 4.69) is 0 Å². The fourth-order valence-corrected chi connectivity index (χ4v) is 3.88. The molecule has 6 nitrogen and oxygen atoms in total. The van der Waals surface area contributed by atoms with E-state index in [0.29, 0.717) is 5.75 Å². The third-order valence-corrected chi connectivity index (χ3v) is 5.66. The summed E-state index contributed by atoms with van der Waals surface area (Å²) in [6.07, 6.45) is 1.89. The van der Waals surface area contributed by atoms with Gasteiger partial charge >= 0.3 is 5.97 Å². The van der Waals surface area contributed by atoms with Crippen LogP contribution in [0.15, 0.2) is 15.4 Å². The highest BCUT2D eigenvalue weighted by Gasteiger charge is 2.30. The number of aromatic carboxylic acids is 1. The second-order valence-corrected chi connectivity index (χ2v) is 7.04. The topological polar surface area (TPSA) is 87.8 Å². The van der Waals surface area contributed by atoms with Gasteiger partial charge in [0.15, 0.2) is 0 Å². The largest absolute Gasteiger partial charge is 0.475 e. The van der Waals surface area contributed by atoms with Crippen molar-refractivity contribution >= 4 is 27.8 Å². The van der Waals surface area contributed by atoms with Crippen LogP contribution in [-0.2, 0) is 10.0 Å². The van der Waals surface area contributed by atoms with Gasteiger partial charge in [-0.15, -0.1) is 0 Å². The summed E-state index contributed by atoms with van der Waals surface area (Å²) in [7, 11) is -2.27. The van der Waals surface area contributed by atoms with Crippen molar-refractivity contribution in [2.24, 2.45) is 0 Å². The average molecular weight is 307 g/mol. The minimum atomic E-state index is -3.74. The molecular formula is C11H17NO5S2. The number of carboxylic acids is 1. The molecule has 0 aliphatic heterocycles. The molecule has 1 unspecified atom stereocenters. The minimum Gasteiger partial charge on any atom is -0.475 e. The quantitative estimate of drug-likeness (QED) is 0.860. The van der Waals surface area contributed by atoms with Gasteiger partial charge in [-0.1, -0.05) is 0 Å². The predicted octanol–water partition coefficient (Wildman–Crippen LogP) is 1.66. The Balaban J connectivity index is 3.16. The summed E-state index contributed by atoms with van der Waals surface area (Å²) in [6, 6.07) is 0.859. The van der Waals surface area contributed by atoms with Crippen LogP contribution in [0.5, 0.6) is 0 Å². The van der Waals surface area contributed by atoms with Crippen molar-refractivity contribution in [3.63, 3.8) is 0 Å². The molecule has 1 heterocycles. The normalized spacial score (nSPS) is 13.7. The molecule has 0 saturated carbocycles. The first kappa shape index (κ1) is 16.1. The third-order valence-electron chi connectivity index (χ3n) is 2.77. The van der Waals surface area contributed by atoms with E-state index >= 15 is 0 Å². The molecule has 1 aromatic rings. The Labute approximate surface area is 116 Å². The number of nitrogens with zero attached hydrogens (tertiary/aromatic N) is 1. The second kappa shape index (κ2) is 5.98. The van der Waals surface area contributed by atoms with Crippen molar-refractivity contribution in [3.05, 3.63) is 17.6 Å². The second-order valence-electron chi connectivity index (χ2n) is 4.16. The van der Waals surface area contributed by atoms with Crippen molar-refractivity contribution < 1.29 is 22.7 Å². The minimum absolute atomic E-state index is 0.0839. The highest BCUT2D eigenvalue weighted by atomic mass is 32.2. The van der Waals surface area contributed by atoms with Crippen LogP contribution in [0.1, 0.15) is 23.2 Å². The third kappa shape index (κ3) is 3.31. The predicted molar refractivity (Wildman–Crippen MR) is 73.2 cm³/mol. The van der Waals surface area contributed by atoms with Crippen LogP contribution in [0, 0.1) is 6.92 Å². The summed E-state index contributed by atoms with van der Waals surface area (Å²) in [5.74, 6) is -0.926. The van der Waals surface area contributed by atoms with Crippen LogP contribution >= 0.6 is 11.8 Å². The summed E-state index contributed by atoms with van der Waals surface area (Å²) >= 11 is 1.54. The van der Waals surface area contributed by atoms with Gasteiger partial charge in [0.2, 0.25) is 15.8 Å². The molecule has 1 rings (SSSR count). The lowest BCUT2D eigenvalue weighted by Crippen LogP contribution is -2.36. The molecule has 108 valence electrons. The molecule has 0 aliphatic carbocycles. The van der Waals surface area contributed by atoms with Crippen LogP contribution in [0.25, 0.3) is 0 Å². The molecule has 1 N–H and O–H groups in total. The molecule has 1 atom stereocenters. The van der Waals surface area contributed by atoms with Crippen LogP contribution in [-0.4, -0.2) is 48.9 Å². The molecule has 0 aliphatic rings. The van der Waals surface area contributed by atoms with Crippen molar-refractivity contribution in [1.82, 2.24) is 4.31 Å². The molecular weight excluding hydrogens is 290 g/mol. The number of carboxylic acid groups (broad SMARTS) is 1. The van der Waals surface area contributed by atoms with Crippen LogP contribution in [0.3, 0.4) is 0 Å². The Morgan fingerprint density at radius 2 is 2.16 bits per heavy atom. The number of aryl methyl sites for hydroxylation is 1. The van der Waals surface area contributed by atoms with Crippen molar-refractivity contribution in [2.45, 2.75) is 24.8 Å². The number of sulfonamides is 1. The maximum Gasteiger partial charge on any atom is 0.371 e. The summed E-state index contributed by atoms with van der Waals surface area (Å²) < 4.78 is 30.9. The first-order chi connectivity index (χ1) is 8.71. The molecule has 0 fully saturated rings. The van der Waals surface area contributed by atoms with Gasteiger partial charge in [0, 0.05) is 24.9 Å². The van der Waals surface area contributed by atoms with E-state index in [1.807, 2.05) is 6.26 Å². The van der Waals surface area contributed by atoms with Gasteiger partial charge in [-0.05, 0) is 20.1 Å². The van der Waals surface area contributed by atoms with E-state index in [0.717, 1.165) is 6.07 Å². The van der Waals surface area contributed by atoms with Crippen LogP contribution < -0.4 is 0 Å². The van der Waals surface area contributed by atoms with Crippen molar-refractivity contribution in [1.29, 1.82) is 0 Å². The van der Waals surface area contributed by atoms with Gasteiger partial charge < -0.3 is 9.52 Å². The van der Waals surface area contributed by atoms with Crippen LogP contribution in [0.4, 0.5) is 0 Å². The highest BCUT2D eigenvalue weighted by Crippen LogP contribution is 2.24. The lowest BCUT2D eigenvalue weighted by atomic mass is 10.4. The SMILES string of the molecule is CSCC(C)N(C)S(=O)(=O)c1cc(C(=O)O)oc1C. The maximum absolute atomic E-state index is 12.4. The van der Waals surface area contributed by atoms with E-state index in [9.17, 15) is 13.2 Å². The smallest absolute Gasteiger partial charge is 0.371 e. The number of hydrogen-bond acceptors (Lipinski definition) is 5. The molecule has 19 heavy (non-hydrogen) atoms. The van der Waals surface area contributed by atoms with Gasteiger partial charge in [0.1, 0.15) is 10.7 Å².